The SMILES string of the molecule is N#Cc1ccccc1-n1cc(-c2ccc(Cl)nc2)nn1. The molecule has 0 amide bonds. The molecule has 0 unspecified atom stereocenters. The summed E-state index contributed by atoms with van der Waals surface area (Å²) in [5.41, 5.74) is 2.71. The van der Waals surface area contributed by atoms with Crippen molar-refractivity contribution in [3.05, 3.63) is 59.5 Å². The number of rotatable bonds is 2. The fourth-order valence-electron chi connectivity index (χ4n) is 1.81. The second-order valence-electron chi connectivity index (χ2n) is 4.05. The molecule has 0 saturated carbocycles. The summed E-state index contributed by atoms with van der Waals surface area (Å²) in [6, 6.07) is 12.9. The smallest absolute Gasteiger partial charge is 0.129 e. The molecule has 96 valence electrons. The van der Waals surface area contributed by atoms with Crippen LogP contribution >= 0.6 is 11.6 Å². The lowest BCUT2D eigenvalue weighted by Gasteiger charge is -2.01. The van der Waals surface area contributed by atoms with Gasteiger partial charge in [-0.3, -0.25) is 0 Å². The van der Waals surface area contributed by atoms with Crippen molar-refractivity contribution < 1.29 is 0 Å². The Hall–Kier alpha value is -2.71. The summed E-state index contributed by atoms with van der Waals surface area (Å²) in [5, 5.41) is 17.7. The number of pyridine rings is 1. The summed E-state index contributed by atoms with van der Waals surface area (Å²) >= 11 is 5.75. The third-order valence-corrected chi connectivity index (χ3v) is 3.01. The van der Waals surface area contributed by atoms with Crippen LogP contribution < -0.4 is 0 Å². The van der Waals surface area contributed by atoms with Gasteiger partial charge in [0.1, 0.15) is 16.9 Å². The van der Waals surface area contributed by atoms with Gasteiger partial charge in [-0.25, -0.2) is 9.67 Å². The van der Waals surface area contributed by atoms with Crippen LogP contribution in [0.3, 0.4) is 0 Å². The first-order valence-electron chi connectivity index (χ1n) is 5.82. The maximum absolute atomic E-state index is 9.10. The molecule has 20 heavy (non-hydrogen) atoms. The Morgan fingerprint density at radius 2 is 2.00 bits per heavy atom. The van der Waals surface area contributed by atoms with Gasteiger partial charge < -0.3 is 0 Å². The van der Waals surface area contributed by atoms with E-state index in [0.29, 0.717) is 22.1 Å². The van der Waals surface area contributed by atoms with Crippen LogP contribution in [-0.2, 0) is 0 Å². The number of benzene rings is 1. The van der Waals surface area contributed by atoms with Crippen molar-refractivity contribution in [2.75, 3.05) is 0 Å². The molecule has 0 aliphatic heterocycles. The minimum absolute atomic E-state index is 0.427. The van der Waals surface area contributed by atoms with Gasteiger partial charge in [-0.1, -0.05) is 28.9 Å². The minimum Gasteiger partial charge on any atom is -0.244 e. The van der Waals surface area contributed by atoms with Crippen LogP contribution in [0.1, 0.15) is 5.56 Å². The normalized spacial score (nSPS) is 10.2. The van der Waals surface area contributed by atoms with Crippen LogP contribution in [0.4, 0.5) is 0 Å². The van der Waals surface area contributed by atoms with Crippen LogP contribution in [0.5, 0.6) is 0 Å². The fourth-order valence-corrected chi connectivity index (χ4v) is 1.92. The van der Waals surface area contributed by atoms with Crippen LogP contribution in [-0.4, -0.2) is 20.0 Å². The molecule has 5 nitrogen and oxygen atoms in total. The second kappa shape index (κ2) is 5.11. The van der Waals surface area contributed by atoms with E-state index in [1.54, 1.807) is 29.2 Å². The summed E-state index contributed by atoms with van der Waals surface area (Å²) in [7, 11) is 0. The highest BCUT2D eigenvalue weighted by molar-refractivity contribution is 6.29. The van der Waals surface area contributed by atoms with Gasteiger partial charge in [-0.05, 0) is 24.3 Å². The standard InChI is InChI=1S/C14H8ClN5/c15-14-6-5-11(8-17-14)12-9-20(19-18-12)13-4-2-1-3-10(13)7-16/h1-6,8-9H. The van der Waals surface area contributed by atoms with E-state index in [1.165, 1.54) is 0 Å². The first kappa shape index (κ1) is 12.3. The summed E-state index contributed by atoms with van der Waals surface area (Å²) in [6.07, 6.45) is 3.38. The molecule has 2 aromatic heterocycles. The number of halogens is 1. The van der Waals surface area contributed by atoms with E-state index in [1.807, 2.05) is 24.3 Å². The quantitative estimate of drug-likeness (QED) is 0.677. The second-order valence-corrected chi connectivity index (χ2v) is 4.43. The van der Waals surface area contributed by atoms with Gasteiger partial charge in [0.15, 0.2) is 0 Å². The van der Waals surface area contributed by atoms with Crippen molar-refractivity contribution in [1.82, 2.24) is 20.0 Å². The highest BCUT2D eigenvalue weighted by Gasteiger charge is 2.08. The molecule has 1 aromatic carbocycles. The largest absolute Gasteiger partial charge is 0.244 e. The third-order valence-electron chi connectivity index (χ3n) is 2.79. The molecule has 6 heteroatoms. The Bertz CT molecular complexity index is 786. The Balaban J connectivity index is 2.02. The maximum atomic E-state index is 9.10. The Morgan fingerprint density at radius 1 is 1.15 bits per heavy atom. The molecule has 0 radical (unpaired) electrons. The van der Waals surface area contributed by atoms with Crippen LogP contribution in [0.15, 0.2) is 48.8 Å². The lowest BCUT2D eigenvalue weighted by atomic mass is 10.2. The number of hydrogen-bond donors (Lipinski definition) is 0. The molecule has 2 heterocycles. The van der Waals surface area contributed by atoms with E-state index in [9.17, 15) is 0 Å². The molecule has 0 saturated heterocycles. The monoisotopic (exact) mass is 281 g/mol. The van der Waals surface area contributed by atoms with Crippen LogP contribution in [0, 0.1) is 11.3 Å². The zero-order chi connectivity index (χ0) is 13.9. The van der Waals surface area contributed by atoms with Crippen molar-refractivity contribution >= 4 is 11.6 Å². The number of nitriles is 1. The number of aromatic nitrogens is 4. The topological polar surface area (TPSA) is 67.4 Å². The number of nitrogens with zero attached hydrogens (tertiary/aromatic N) is 5. The van der Waals surface area contributed by atoms with Gasteiger partial charge in [-0.2, -0.15) is 5.26 Å². The average molecular weight is 282 g/mol. The van der Waals surface area contributed by atoms with E-state index in [4.69, 9.17) is 16.9 Å². The lowest BCUT2D eigenvalue weighted by Crippen LogP contribution is -1.97. The molecule has 0 atom stereocenters. The van der Waals surface area contributed by atoms with Crippen LogP contribution in [0.2, 0.25) is 5.15 Å². The summed E-state index contributed by atoms with van der Waals surface area (Å²) in [5.74, 6) is 0. The lowest BCUT2D eigenvalue weighted by molar-refractivity contribution is 0.802. The fraction of sp³-hybridized carbons (Fsp3) is 0. The Labute approximate surface area is 120 Å². The summed E-state index contributed by atoms with van der Waals surface area (Å²) in [6.45, 7) is 0. The predicted molar refractivity (Wildman–Crippen MR) is 74.3 cm³/mol. The average Bonchev–Trinajstić information content (AvgIpc) is 2.97. The van der Waals surface area contributed by atoms with Crippen molar-refractivity contribution in [3.63, 3.8) is 0 Å². The molecule has 3 rings (SSSR count). The predicted octanol–water partition coefficient (Wildman–Crippen LogP) is 2.85. The van der Waals surface area contributed by atoms with Gasteiger partial charge in [-0.15, -0.1) is 5.10 Å². The summed E-state index contributed by atoms with van der Waals surface area (Å²) in [4.78, 5) is 4.01. The molecular weight excluding hydrogens is 274 g/mol. The molecule has 0 aliphatic carbocycles. The highest BCUT2D eigenvalue weighted by atomic mass is 35.5. The van der Waals surface area contributed by atoms with Crippen molar-refractivity contribution in [2.24, 2.45) is 0 Å². The molecule has 0 spiro atoms. The summed E-state index contributed by atoms with van der Waals surface area (Å²) < 4.78 is 1.57. The van der Waals surface area contributed by atoms with Gasteiger partial charge >= 0.3 is 0 Å². The first-order chi connectivity index (χ1) is 9.78. The van der Waals surface area contributed by atoms with Gasteiger partial charge in [0.2, 0.25) is 0 Å². The van der Waals surface area contributed by atoms with Crippen molar-refractivity contribution in [3.8, 4) is 23.0 Å². The van der Waals surface area contributed by atoms with E-state index < -0.39 is 0 Å². The minimum atomic E-state index is 0.427. The zero-order valence-corrected chi connectivity index (χ0v) is 11.0. The Kier molecular flexibility index (Phi) is 3.15. The van der Waals surface area contributed by atoms with Gasteiger partial charge in [0.05, 0.1) is 17.4 Å². The van der Waals surface area contributed by atoms with Gasteiger partial charge in [0, 0.05) is 11.8 Å². The molecule has 0 fully saturated rings. The highest BCUT2D eigenvalue weighted by Crippen LogP contribution is 2.19. The number of para-hydroxylation sites is 1. The van der Waals surface area contributed by atoms with Gasteiger partial charge in [0.25, 0.3) is 0 Å². The third kappa shape index (κ3) is 2.25. The first-order valence-corrected chi connectivity index (χ1v) is 6.19. The molecule has 3 aromatic rings. The number of hydrogen-bond acceptors (Lipinski definition) is 4. The molecule has 0 aliphatic rings. The molecular formula is C14H8ClN5. The Morgan fingerprint density at radius 3 is 2.75 bits per heavy atom. The van der Waals surface area contributed by atoms with Crippen LogP contribution in [0.25, 0.3) is 16.9 Å². The molecule has 0 bridgehead atoms. The van der Waals surface area contributed by atoms with E-state index in [2.05, 4.69) is 21.4 Å². The molecule has 0 N–H and O–H groups in total. The van der Waals surface area contributed by atoms with E-state index >= 15 is 0 Å². The van der Waals surface area contributed by atoms with E-state index in [-0.39, 0.29) is 0 Å². The zero-order valence-electron chi connectivity index (χ0n) is 10.2. The van der Waals surface area contributed by atoms with Crippen molar-refractivity contribution in [2.45, 2.75) is 0 Å². The van der Waals surface area contributed by atoms with Crippen molar-refractivity contribution in [1.29, 1.82) is 5.26 Å². The van der Waals surface area contributed by atoms with E-state index in [0.717, 1.165) is 5.56 Å². The maximum Gasteiger partial charge on any atom is 0.129 e.